The molecule has 14 aromatic rings. The maximum Gasteiger partial charge on any atom is 0.238 e. The third-order valence-electron chi connectivity index (χ3n) is 13.8. The van der Waals surface area contributed by atoms with E-state index in [4.69, 9.17) is 29.9 Å². The first-order chi connectivity index (χ1) is 36.7. The van der Waals surface area contributed by atoms with E-state index in [1.54, 1.807) is 0 Å². The van der Waals surface area contributed by atoms with Gasteiger partial charge in [0.05, 0.1) is 22.1 Å². The predicted octanol–water partition coefficient (Wildman–Crippen LogP) is 15.9. The number of hydrogen-bond acceptors (Lipinski definition) is 6. The molecule has 4 aromatic heterocycles. The second-order valence-corrected chi connectivity index (χ2v) is 18.3. The Morgan fingerprint density at radius 1 is 0.216 bits per heavy atom. The van der Waals surface area contributed by atoms with Crippen molar-refractivity contribution < 1.29 is 0 Å². The summed E-state index contributed by atoms with van der Waals surface area (Å²) < 4.78 is 4.61. The molecule has 0 amide bonds. The van der Waals surface area contributed by atoms with Crippen molar-refractivity contribution in [3.8, 4) is 90.8 Å². The Morgan fingerprint density at radius 3 is 1.12 bits per heavy atom. The van der Waals surface area contributed by atoms with Crippen LogP contribution in [-0.2, 0) is 0 Å². The first-order valence-corrected chi connectivity index (χ1v) is 24.7. The summed E-state index contributed by atoms with van der Waals surface area (Å²) in [6, 6.07) is 88.2. The Balaban J connectivity index is 0.992. The summed E-state index contributed by atoms with van der Waals surface area (Å²) in [5.41, 5.74) is 13.9. The van der Waals surface area contributed by atoms with Crippen molar-refractivity contribution >= 4 is 43.6 Å². The summed E-state index contributed by atoms with van der Waals surface area (Å²) >= 11 is 0. The SMILES string of the molecule is c1ccc(-c2ccc(-c3nc(-c4ccccc4)nc(-n4c5ccccc5c5ccc6c7ccccc7n(-c7cccc(-c8nc(-c9ccccc9)nc(-c9cccc(-c%10ccccc%10)c9)n8)c7)c6c54)n3)cc2)cc1. The van der Waals surface area contributed by atoms with Gasteiger partial charge in [-0.25, -0.2) is 19.9 Å². The largest absolute Gasteiger partial charge is 0.307 e. The average molecular weight is 947 g/mol. The Bertz CT molecular complexity index is 4400. The molecule has 0 radical (unpaired) electrons. The van der Waals surface area contributed by atoms with E-state index in [1.807, 2.05) is 60.7 Å². The summed E-state index contributed by atoms with van der Waals surface area (Å²) in [6.07, 6.45) is 0. The van der Waals surface area contributed by atoms with Gasteiger partial charge in [0, 0.05) is 55.0 Å². The van der Waals surface area contributed by atoms with E-state index in [2.05, 4.69) is 203 Å². The third-order valence-corrected chi connectivity index (χ3v) is 13.8. The molecule has 0 unspecified atom stereocenters. The van der Waals surface area contributed by atoms with Gasteiger partial charge in [0.2, 0.25) is 5.95 Å². The molecular formula is C66H42N8. The van der Waals surface area contributed by atoms with E-state index in [0.29, 0.717) is 35.1 Å². The Labute approximate surface area is 426 Å². The zero-order valence-corrected chi connectivity index (χ0v) is 39.8. The summed E-state index contributed by atoms with van der Waals surface area (Å²) in [7, 11) is 0. The molecule has 0 bridgehead atoms. The van der Waals surface area contributed by atoms with Crippen LogP contribution in [0.25, 0.3) is 134 Å². The van der Waals surface area contributed by atoms with E-state index in [1.165, 1.54) is 0 Å². The normalized spacial score (nSPS) is 11.5. The van der Waals surface area contributed by atoms with Crippen molar-refractivity contribution in [3.63, 3.8) is 0 Å². The van der Waals surface area contributed by atoms with Crippen LogP contribution in [0.3, 0.4) is 0 Å². The van der Waals surface area contributed by atoms with E-state index in [9.17, 15) is 0 Å². The number of aromatic nitrogens is 8. The van der Waals surface area contributed by atoms with E-state index in [0.717, 1.165) is 99.4 Å². The zero-order valence-electron chi connectivity index (χ0n) is 39.8. The average Bonchev–Trinajstić information content (AvgIpc) is 4.02. The van der Waals surface area contributed by atoms with Crippen LogP contribution in [0.5, 0.6) is 0 Å². The number of rotatable bonds is 9. The van der Waals surface area contributed by atoms with E-state index in [-0.39, 0.29) is 0 Å². The molecule has 8 nitrogen and oxygen atoms in total. The van der Waals surface area contributed by atoms with Crippen molar-refractivity contribution in [2.24, 2.45) is 0 Å². The standard InChI is InChI=1S/C66H42N8/c1-5-19-43(20-6-1)45-35-37-48(38-36-45)63-69-62(47-25-11-4-12-26-47)71-66(72-63)74-58-34-16-14-32-54(58)56-40-39-55-53-31-13-15-33-57(53)73(59(55)60(56)74)52-30-18-29-51(42-52)65-68-61(46-23-9-3-10-24-46)67-64(70-65)50-28-17-27-49(41-50)44-21-7-2-8-22-44/h1-42H. The number of benzene rings is 10. The van der Waals surface area contributed by atoms with Crippen molar-refractivity contribution in [3.05, 3.63) is 255 Å². The fourth-order valence-corrected chi connectivity index (χ4v) is 10.3. The van der Waals surface area contributed by atoms with Crippen LogP contribution in [0.1, 0.15) is 0 Å². The second-order valence-electron chi connectivity index (χ2n) is 18.3. The molecule has 10 aromatic carbocycles. The maximum atomic E-state index is 5.39. The van der Waals surface area contributed by atoms with Crippen LogP contribution in [0.4, 0.5) is 0 Å². The smallest absolute Gasteiger partial charge is 0.238 e. The minimum atomic E-state index is 0.521. The van der Waals surface area contributed by atoms with Gasteiger partial charge in [-0.05, 0) is 52.6 Å². The van der Waals surface area contributed by atoms with Gasteiger partial charge < -0.3 is 4.57 Å². The van der Waals surface area contributed by atoms with Gasteiger partial charge in [-0.15, -0.1) is 0 Å². The highest BCUT2D eigenvalue weighted by Gasteiger charge is 2.24. The van der Waals surface area contributed by atoms with Crippen LogP contribution in [-0.4, -0.2) is 39.0 Å². The Hall–Kier alpha value is -10.2. The van der Waals surface area contributed by atoms with Gasteiger partial charge in [0.1, 0.15) is 0 Å². The molecule has 0 aliphatic carbocycles. The number of hydrogen-bond donors (Lipinski definition) is 0. The summed E-state index contributed by atoms with van der Waals surface area (Å²) in [6.45, 7) is 0. The Morgan fingerprint density at radius 2 is 0.568 bits per heavy atom. The Kier molecular flexibility index (Phi) is 10.3. The lowest BCUT2D eigenvalue weighted by atomic mass is 10.0. The molecule has 0 N–H and O–H groups in total. The molecule has 0 spiro atoms. The number of para-hydroxylation sites is 2. The van der Waals surface area contributed by atoms with Gasteiger partial charge in [-0.1, -0.05) is 224 Å². The highest BCUT2D eigenvalue weighted by Crippen LogP contribution is 2.42. The van der Waals surface area contributed by atoms with E-state index < -0.39 is 0 Å². The second kappa shape index (κ2) is 17.9. The first kappa shape index (κ1) is 42.7. The molecule has 346 valence electrons. The fraction of sp³-hybridized carbons (Fsp3) is 0. The minimum Gasteiger partial charge on any atom is -0.307 e. The topological polar surface area (TPSA) is 87.2 Å². The van der Waals surface area contributed by atoms with Crippen molar-refractivity contribution in [1.82, 2.24) is 39.0 Å². The van der Waals surface area contributed by atoms with Gasteiger partial charge in [-0.2, -0.15) is 9.97 Å². The molecule has 4 heterocycles. The molecule has 14 rings (SSSR count). The highest BCUT2D eigenvalue weighted by molar-refractivity contribution is 6.23. The van der Waals surface area contributed by atoms with Crippen molar-refractivity contribution in [1.29, 1.82) is 0 Å². The van der Waals surface area contributed by atoms with Gasteiger partial charge >= 0.3 is 0 Å². The molecule has 0 saturated heterocycles. The molecular weight excluding hydrogens is 905 g/mol. The maximum absolute atomic E-state index is 5.39. The molecule has 0 atom stereocenters. The molecule has 8 heteroatoms. The van der Waals surface area contributed by atoms with Crippen LogP contribution >= 0.6 is 0 Å². The van der Waals surface area contributed by atoms with Gasteiger partial charge in [0.25, 0.3) is 0 Å². The van der Waals surface area contributed by atoms with Gasteiger partial charge in [0.15, 0.2) is 29.1 Å². The summed E-state index contributed by atoms with van der Waals surface area (Å²) in [5, 5.41) is 4.39. The molecule has 0 aliphatic heterocycles. The lowest BCUT2D eigenvalue weighted by Crippen LogP contribution is -2.07. The molecule has 0 fully saturated rings. The van der Waals surface area contributed by atoms with Crippen LogP contribution < -0.4 is 0 Å². The molecule has 74 heavy (non-hydrogen) atoms. The highest BCUT2D eigenvalue weighted by atomic mass is 15.2. The first-order valence-electron chi connectivity index (χ1n) is 24.7. The zero-order chi connectivity index (χ0) is 49.0. The van der Waals surface area contributed by atoms with Crippen LogP contribution in [0.2, 0.25) is 0 Å². The van der Waals surface area contributed by atoms with Crippen molar-refractivity contribution in [2.45, 2.75) is 0 Å². The monoisotopic (exact) mass is 946 g/mol. The lowest BCUT2D eigenvalue weighted by Gasteiger charge is -2.14. The van der Waals surface area contributed by atoms with Crippen LogP contribution in [0.15, 0.2) is 255 Å². The van der Waals surface area contributed by atoms with Crippen LogP contribution in [0, 0.1) is 0 Å². The third kappa shape index (κ3) is 7.48. The lowest BCUT2D eigenvalue weighted by molar-refractivity contribution is 0.953. The molecule has 0 saturated carbocycles. The van der Waals surface area contributed by atoms with E-state index >= 15 is 0 Å². The quantitative estimate of drug-likeness (QED) is 0.143. The summed E-state index contributed by atoms with van der Waals surface area (Å²) in [4.78, 5) is 31.4. The fourth-order valence-electron chi connectivity index (χ4n) is 10.3. The minimum absolute atomic E-state index is 0.521. The predicted molar refractivity (Wildman–Crippen MR) is 300 cm³/mol. The van der Waals surface area contributed by atoms with Gasteiger partial charge in [-0.3, -0.25) is 4.57 Å². The molecule has 0 aliphatic rings. The number of fused-ring (bicyclic) bond motifs is 7. The summed E-state index contributed by atoms with van der Waals surface area (Å²) in [5.74, 6) is 3.46. The van der Waals surface area contributed by atoms with Crippen molar-refractivity contribution in [2.75, 3.05) is 0 Å². The number of nitrogens with zero attached hydrogens (tertiary/aromatic N) is 8.